The normalized spacial score (nSPS) is 14.4. The van der Waals surface area contributed by atoms with E-state index in [1.54, 1.807) is 0 Å². The van der Waals surface area contributed by atoms with E-state index >= 15 is 0 Å². The van der Waals surface area contributed by atoms with Gasteiger partial charge in [0.1, 0.15) is 5.75 Å². The van der Waals surface area contributed by atoms with Gasteiger partial charge in [-0.3, -0.25) is 9.59 Å². The number of hydrogen-bond acceptors (Lipinski definition) is 4. The largest absolute Gasteiger partial charge is 0.494 e. The monoisotopic (exact) mass is 395 g/mol. The highest BCUT2D eigenvalue weighted by Crippen LogP contribution is 2.41. The predicted molar refractivity (Wildman–Crippen MR) is 116 cm³/mol. The molecule has 2 aromatic rings. The fourth-order valence-corrected chi connectivity index (χ4v) is 4.16. The van der Waals surface area contributed by atoms with Crippen molar-refractivity contribution >= 4 is 34.8 Å². The van der Waals surface area contributed by atoms with Crippen LogP contribution in [0.15, 0.2) is 47.4 Å². The van der Waals surface area contributed by atoms with Crippen LogP contribution in [-0.4, -0.2) is 23.7 Å². The number of carbonyl (C=O) groups is 2. The predicted octanol–water partition coefficient (Wildman–Crippen LogP) is 5.13. The van der Waals surface area contributed by atoms with Crippen molar-refractivity contribution in [2.24, 2.45) is 0 Å². The lowest BCUT2D eigenvalue weighted by Crippen LogP contribution is -2.32. The number of hydrogen-bond donors (Lipinski definition) is 0. The molecule has 5 heteroatoms. The first-order valence-electron chi connectivity index (χ1n) is 9.43. The molecule has 0 unspecified atom stereocenters. The van der Waals surface area contributed by atoms with Crippen molar-refractivity contribution in [2.45, 2.75) is 39.9 Å². The number of thioether (sulfide) groups is 1. The number of anilines is 1. The number of amides is 2. The molecule has 1 heterocycles. The SMILES string of the molecule is CCOc1ccc(C2=C(SC(C)C)C(=O)N(c3cc(C)ccc3C)C2=O)cc1. The Morgan fingerprint density at radius 2 is 1.68 bits per heavy atom. The van der Waals surface area contributed by atoms with E-state index < -0.39 is 0 Å². The van der Waals surface area contributed by atoms with Crippen LogP contribution in [0.2, 0.25) is 0 Å². The van der Waals surface area contributed by atoms with Crippen LogP contribution in [0.1, 0.15) is 37.5 Å². The fourth-order valence-electron chi connectivity index (χ4n) is 3.17. The summed E-state index contributed by atoms with van der Waals surface area (Å²) < 4.78 is 5.50. The van der Waals surface area contributed by atoms with Gasteiger partial charge >= 0.3 is 0 Å². The summed E-state index contributed by atoms with van der Waals surface area (Å²) in [6.45, 7) is 10.4. The van der Waals surface area contributed by atoms with Gasteiger partial charge < -0.3 is 4.74 Å². The molecule has 1 aliphatic heterocycles. The Balaban J connectivity index is 2.09. The molecule has 0 saturated carbocycles. The molecule has 146 valence electrons. The minimum absolute atomic E-state index is 0.183. The molecular formula is C23H25NO3S. The third-order valence-electron chi connectivity index (χ3n) is 4.45. The topological polar surface area (TPSA) is 46.6 Å². The van der Waals surface area contributed by atoms with Gasteiger partial charge in [0.05, 0.1) is 22.8 Å². The zero-order valence-electron chi connectivity index (χ0n) is 16.9. The smallest absolute Gasteiger partial charge is 0.272 e. The van der Waals surface area contributed by atoms with Crippen molar-refractivity contribution in [3.05, 3.63) is 64.1 Å². The average molecular weight is 396 g/mol. The van der Waals surface area contributed by atoms with Crippen molar-refractivity contribution in [1.29, 1.82) is 0 Å². The van der Waals surface area contributed by atoms with E-state index in [1.807, 2.05) is 77.1 Å². The number of ether oxygens (including phenoxy) is 1. The average Bonchev–Trinajstić information content (AvgIpc) is 2.88. The van der Waals surface area contributed by atoms with E-state index in [0.29, 0.717) is 22.8 Å². The zero-order chi connectivity index (χ0) is 20.4. The lowest BCUT2D eigenvalue weighted by atomic mass is 10.1. The molecular weight excluding hydrogens is 370 g/mol. The van der Waals surface area contributed by atoms with Crippen LogP contribution in [0, 0.1) is 13.8 Å². The Labute approximate surface area is 170 Å². The van der Waals surface area contributed by atoms with Crippen LogP contribution in [-0.2, 0) is 9.59 Å². The summed E-state index contributed by atoms with van der Waals surface area (Å²) in [7, 11) is 0. The van der Waals surface area contributed by atoms with Gasteiger partial charge in [-0.1, -0.05) is 38.1 Å². The summed E-state index contributed by atoms with van der Waals surface area (Å²) in [5, 5.41) is 0.183. The summed E-state index contributed by atoms with van der Waals surface area (Å²) in [4.78, 5) is 28.5. The van der Waals surface area contributed by atoms with Gasteiger partial charge in [0, 0.05) is 5.25 Å². The summed E-state index contributed by atoms with van der Waals surface area (Å²) in [6, 6.07) is 13.2. The molecule has 0 aliphatic carbocycles. The van der Waals surface area contributed by atoms with Crippen molar-refractivity contribution in [1.82, 2.24) is 0 Å². The van der Waals surface area contributed by atoms with Gasteiger partial charge in [0.15, 0.2) is 0 Å². The molecule has 0 bridgehead atoms. The second-order valence-electron chi connectivity index (χ2n) is 7.06. The second kappa shape index (κ2) is 8.23. The molecule has 0 fully saturated rings. The van der Waals surface area contributed by atoms with Gasteiger partial charge in [0.2, 0.25) is 0 Å². The summed E-state index contributed by atoms with van der Waals surface area (Å²) in [5.74, 6) is 0.223. The van der Waals surface area contributed by atoms with Crippen LogP contribution < -0.4 is 9.64 Å². The van der Waals surface area contributed by atoms with Gasteiger partial charge in [0.25, 0.3) is 11.8 Å². The minimum atomic E-state index is -0.272. The Kier molecular flexibility index (Phi) is 5.94. The molecule has 0 radical (unpaired) electrons. The summed E-state index contributed by atoms with van der Waals surface area (Å²) in [5.41, 5.74) is 3.76. The maximum atomic E-state index is 13.4. The second-order valence-corrected chi connectivity index (χ2v) is 8.65. The molecule has 0 aromatic heterocycles. The van der Waals surface area contributed by atoms with E-state index in [1.165, 1.54) is 16.7 Å². The van der Waals surface area contributed by atoms with E-state index in [9.17, 15) is 9.59 Å². The van der Waals surface area contributed by atoms with Gasteiger partial charge in [-0.05, 0) is 55.7 Å². The molecule has 0 N–H and O–H groups in total. The Hall–Kier alpha value is -2.53. The number of imide groups is 1. The van der Waals surface area contributed by atoms with E-state index in [-0.39, 0.29) is 17.1 Å². The van der Waals surface area contributed by atoms with Crippen LogP contribution in [0.5, 0.6) is 5.75 Å². The number of carbonyl (C=O) groups excluding carboxylic acids is 2. The van der Waals surface area contributed by atoms with Crippen molar-refractivity contribution in [3.8, 4) is 5.75 Å². The van der Waals surface area contributed by atoms with Crippen LogP contribution >= 0.6 is 11.8 Å². The molecule has 4 nitrogen and oxygen atoms in total. The fraction of sp³-hybridized carbons (Fsp3) is 0.304. The maximum absolute atomic E-state index is 13.4. The molecule has 2 aromatic carbocycles. The molecule has 0 atom stereocenters. The van der Waals surface area contributed by atoms with Crippen molar-refractivity contribution < 1.29 is 14.3 Å². The quantitative estimate of drug-likeness (QED) is 0.636. The number of nitrogens with zero attached hydrogens (tertiary/aromatic N) is 1. The Bertz CT molecular complexity index is 945. The van der Waals surface area contributed by atoms with Gasteiger partial charge in [-0.2, -0.15) is 0 Å². The first kappa shape index (κ1) is 20.2. The first-order valence-corrected chi connectivity index (χ1v) is 10.3. The van der Waals surface area contributed by atoms with Gasteiger partial charge in [-0.15, -0.1) is 11.8 Å². The van der Waals surface area contributed by atoms with E-state index in [0.717, 1.165) is 22.4 Å². The summed E-state index contributed by atoms with van der Waals surface area (Å²) >= 11 is 1.44. The van der Waals surface area contributed by atoms with Crippen molar-refractivity contribution in [3.63, 3.8) is 0 Å². The van der Waals surface area contributed by atoms with Crippen LogP contribution in [0.4, 0.5) is 5.69 Å². The lowest BCUT2D eigenvalue weighted by Gasteiger charge is -2.18. The highest BCUT2D eigenvalue weighted by atomic mass is 32.2. The van der Waals surface area contributed by atoms with Gasteiger partial charge in [-0.25, -0.2) is 4.90 Å². The molecule has 28 heavy (non-hydrogen) atoms. The maximum Gasteiger partial charge on any atom is 0.272 e. The summed E-state index contributed by atoms with van der Waals surface area (Å²) in [6.07, 6.45) is 0. The third-order valence-corrected chi connectivity index (χ3v) is 5.54. The van der Waals surface area contributed by atoms with Crippen LogP contribution in [0.25, 0.3) is 5.57 Å². The zero-order valence-corrected chi connectivity index (χ0v) is 17.7. The Morgan fingerprint density at radius 1 is 1.00 bits per heavy atom. The number of benzene rings is 2. The van der Waals surface area contributed by atoms with Crippen LogP contribution in [0.3, 0.4) is 0 Å². The molecule has 2 amide bonds. The van der Waals surface area contributed by atoms with E-state index in [4.69, 9.17) is 4.74 Å². The molecule has 1 aliphatic rings. The van der Waals surface area contributed by atoms with E-state index in [2.05, 4.69) is 0 Å². The molecule has 3 rings (SSSR count). The Morgan fingerprint density at radius 3 is 2.29 bits per heavy atom. The lowest BCUT2D eigenvalue weighted by molar-refractivity contribution is -0.119. The highest BCUT2D eigenvalue weighted by molar-refractivity contribution is 8.04. The van der Waals surface area contributed by atoms with Crippen molar-refractivity contribution in [2.75, 3.05) is 11.5 Å². The number of aryl methyl sites for hydroxylation is 2. The highest BCUT2D eigenvalue weighted by Gasteiger charge is 2.41. The third kappa shape index (κ3) is 3.85. The molecule has 0 saturated heterocycles. The molecule has 0 spiro atoms. The first-order chi connectivity index (χ1) is 13.3. The standard InChI is InChI=1S/C23H25NO3S/c1-6-27-18-11-9-17(10-12-18)20-21(28-14(2)3)23(26)24(22(20)25)19-13-15(4)7-8-16(19)5/h7-14H,6H2,1-5H3. The number of rotatable bonds is 6. The minimum Gasteiger partial charge on any atom is -0.494 e.